The number of hydrogen-bond donors (Lipinski definition) is 1. The number of ether oxygens (including phenoxy) is 1. The van der Waals surface area contributed by atoms with Gasteiger partial charge in [0.1, 0.15) is 5.75 Å². The molecule has 1 aliphatic heterocycles. The number of piperidine rings is 1. The first-order chi connectivity index (χ1) is 15.6. The fourth-order valence-electron chi connectivity index (χ4n) is 7.11. The number of aliphatic hydroxyl groups is 1. The van der Waals surface area contributed by atoms with Crippen molar-refractivity contribution in [2.24, 2.45) is 5.92 Å². The number of carbonyl (C=O) groups is 1. The molecule has 2 aromatic carbocycles. The van der Waals surface area contributed by atoms with Crippen LogP contribution in [0.4, 0.5) is 0 Å². The van der Waals surface area contributed by atoms with E-state index >= 15 is 0 Å². The molecular formula is C28H33NO3. The fourth-order valence-corrected chi connectivity index (χ4v) is 7.11. The Bertz CT molecular complexity index is 1020. The summed E-state index contributed by atoms with van der Waals surface area (Å²) >= 11 is 0. The largest absolute Gasteiger partial charge is 0.423 e. The van der Waals surface area contributed by atoms with Crippen molar-refractivity contribution in [3.05, 3.63) is 65.2 Å². The van der Waals surface area contributed by atoms with Crippen LogP contribution in [0.5, 0.6) is 5.75 Å². The van der Waals surface area contributed by atoms with Gasteiger partial charge in [0.15, 0.2) is 0 Å². The van der Waals surface area contributed by atoms with Gasteiger partial charge >= 0.3 is 5.97 Å². The van der Waals surface area contributed by atoms with E-state index in [0.717, 1.165) is 57.5 Å². The molecule has 2 bridgehead atoms. The van der Waals surface area contributed by atoms with Crippen LogP contribution in [-0.2, 0) is 11.8 Å². The van der Waals surface area contributed by atoms with Crippen LogP contribution in [0.3, 0.4) is 0 Å². The standard InChI is InChI=1S/C28H33NO3/c30-26(21-9-2-1-3-10-21)32-23-12-11-22-17-25-28(31)14-5-4-13-27(28,24(22)18-23)15-16-29(25)19-20-7-6-8-20/h1-3,9-12,18,20,25,31H,4-8,13-17,19H2/t25?,27-,28+/m0/s1. The minimum absolute atomic E-state index is 0.211. The van der Waals surface area contributed by atoms with Crippen molar-refractivity contribution in [2.45, 2.75) is 74.8 Å². The van der Waals surface area contributed by atoms with Gasteiger partial charge in [0, 0.05) is 18.0 Å². The molecule has 6 rings (SSSR count). The number of esters is 1. The van der Waals surface area contributed by atoms with Crippen LogP contribution in [0.1, 0.15) is 72.9 Å². The van der Waals surface area contributed by atoms with Gasteiger partial charge in [-0.15, -0.1) is 0 Å². The minimum atomic E-state index is -0.678. The lowest BCUT2D eigenvalue weighted by atomic mass is 9.49. The molecule has 3 fully saturated rings. The lowest BCUT2D eigenvalue weighted by Gasteiger charge is -2.64. The second-order valence-corrected chi connectivity index (χ2v) is 10.5. The number of fused-ring (bicyclic) bond motifs is 1. The average molecular weight is 432 g/mol. The van der Waals surface area contributed by atoms with Crippen LogP contribution >= 0.6 is 0 Å². The second-order valence-electron chi connectivity index (χ2n) is 10.5. The summed E-state index contributed by atoms with van der Waals surface area (Å²) in [6.07, 6.45) is 10.1. The van der Waals surface area contributed by atoms with E-state index in [2.05, 4.69) is 17.0 Å². The molecule has 0 aromatic heterocycles. The quantitative estimate of drug-likeness (QED) is 0.554. The molecule has 32 heavy (non-hydrogen) atoms. The fraction of sp³-hybridized carbons (Fsp3) is 0.536. The highest BCUT2D eigenvalue weighted by Crippen LogP contribution is 2.58. The molecule has 1 N–H and O–H groups in total. The summed E-state index contributed by atoms with van der Waals surface area (Å²) in [5.41, 5.74) is 2.23. The maximum atomic E-state index is 12.6. The predicted octanol–water partition coefficient (Wildman–Crippen LogP) is 4.88. The van der Waals surface area contributed by atoms with Crippen molar-refractivity contribution in [1.82, 2.24) is 4.90 Å². The first kappa shape index (κ1) is 20.4. The molecule has 3 aliphatic carbocycles. The predicted molar refractivity (Wildman–Crippen MR) is 124 cm³/mol. The van der Waals surface area contributed by atoms with E-state index in [-0.39, 0.29) is 17.4 Å². The number of hydrogen-bond acceptors (Lipinski definition) is 4. The Labute approximate surface area is 190 Å². The summed E-state index contributed by atoms with van der Waals surface area (Å²) in [6, 6.07) is 15.5. The normalized spacial score (nSPS) is 31.8. The minimum Gasteiger partial charge on any atom is -0.423 e. The van der Waals surface area contributed by atoms with E-state index in [1.165, 1.54) is 30.4 Å². The molecule has 4 aliphatic rings. The van der Waals surface area contributed by atoms with Gasteiger partial charge in [0.05, 0.1) is 11.2 Å². The number of rotatable bonds is 4. The monoisotopic (exact) mass is 431 g/mol. The van der Waals surface area contributed by atoms with Crippen LogP contribution in [-0.4, -0.2) is 40.7 Å². The van der Waals surface area contributed by atoms with Crippen LogP contribution in [0.2, 0.25) is 0 Å². The lowest BCUT2D eigenvalue weighted by Crippen LogP contribution is -2.72. The van der Waals surface area contributed by atoms with Crippen molar-refractivity contribution in [3.63, 3.8) is 0 Å². The molecule has 1 saturated heterocycles. The molecule has 0 radical (unpaired) electrons. The molecule has 4 heteroatoms. The third kappa shape index (κ3) is 3.07. The van der Waals surface area contributed by atoms with Gasteiger partial charge < -0.3 is 9.84 Å². The van der Waals surface area contributed by atoms with Crippen molar-refractivity contribution in [2.75, 3.05) is 13.1 Å². The second kappa shape index (κ2) is 7.71. The number of carbonyl (C=O) groups excluding carboxylic acids is 1. The Morgan fingerprint density at radius 2 is 1.84 bits per heavy atom. The molecule has 2 aromatic rings. The van der Waals surface area contributed by atoms with Crippen LogP contribution in [0, 0.1) is 5.92 Å². The van der Waals surface area contributed by atoms with Crippen molar-refractivity contribution in [3.8, 4) is 5.75 Å². The summed E-state index contributed by atoms with van der Waals surface area (Å²) in [6.45, 7) is 2.21. The van der Waals surface area contributed by atoms with E-state index in [0.29, 0.717) is 11.3 Å². The zero-order valence-corrected chi connectivity index (χ0v) is 18.8. The Morgan fingerprint density at radius 3 is 2.62 bits per heavy atom. The molecule has 3 atom stereocenters. The average Bonchev–Trinajstić information content (AvgIpc) is 2.78. The van der Waals surface area contributed by atoms with Crippen LogP contribution < -0.4 is 4.74 Å². The van der Waals surface area contributed by atoms with Gasteiger partial charge in [0.2, 0.25) is 0 Å². The van der Waals surface area contributed by atoms with Gasteiger partial charge in [-0.2, -0.15) is 0 Å². The van der Waals surface area contributed by atoms with Crippen LogP contribution in [0.15, 0.2) is 48.5 Å². The molecular weight excluding hydrogens is 398 g/mol. The summed E-state index contributed by atoms with van der Waals surface area (Å²) in [4.78, 5) is 15.3. The third-order valence-corrected chi connectivity index (χ3v) is 9.01. The van der Waals surface area contributed by atoms with E-state index in [1.54, 1.807) is 12.1 Å². The Balaban J connectivity index is 1.34. The topological polar surface area (TPSA) is 49.8 Å². The van der Waals surface area contributed by atoms with E-state index in [1.807, 2.05) is 24.3 Å². The summed E-state index contributed by atoms with van der Waals surface area (Å²) < 4.78 is 5.78. The lowest BCUT2D eigenvalue weighted by molar-refractivity contribution is -0.169. The molecule has 0 amide bonds. The first-order valence-electron chi connectivity index (χ1n) is 12.5. The van der Waals surface area contributed by atoms with E-state index in [4.69, 9.17) is 4.74 Å². The molecule has 2 saturated carbocycles. The molecule has 4 nitrogen and oxygen atoms in total. The van der Waals surface area contributed by atoms with Gasteiger partial charge in [-0.25, -0.2) is 4.79 Å². The summed E-state index contributed by atoms with van der Waals surface area (Å²) in [5.74, 6) is 1.08. The summed E-state index contributed by atoms with van der Waals surface area (Å²) in [5, 5.41) is 12.3. The smallest absolute Gasteiger partial charge is 0.343 e. The number of benzene rings is 2. The van der Waals surface area contributed by atoms with Gasteiger partial charge in [-0.05, 0) is 86.4 Å². The number of nitrogens with zero attached hydrogens (tertiary/aromatic N) is 1. The maximum absolute atomic E-state index is 12.6. The highest BCUT2D eigenvalue weighted by atomic mass is 16.5. The molecule has 1 unspecified atom stereocenters. The third-order valence-electron chi connectivity index (χ3n) is 9.01. The van der Waals surface area contributed by atoms with E-state index in [9.17, 15) is 9.90 Å². The van der Waals surface area contributed by atoms with Gasteiger partial charge in [-0.3, -0.25) is 4.90 Å². The van der Waals surface area contributed by atoms with Gasteiger partial charge in [0.25, 0.3) is 0 Å². The zero-order valence-electron chi connectivity index (χ0n) is 18.8. The zero-order chi connectivity index (χ0) is 21.8. The molecule has 0 spiro atoms. The van der Waals surface area contributed by atoms with Crippen molar-refractivity contribution < 1.29 is 14.6 Å². The maximum Gasteiger partial charge on any atom is 0.343 e. The molecule has 1 heterocycles. The van der Waals surface area contributed by atoms with Crippen LogP contribution in [0.25, 0.3) is 0 Å². The Morgan fingerprint density at radius 1 is 1.03 bits per heavy atom. The highest BCUT2D eigenvalue weighted by molar-refractivity contribution is 5.91. The van der Waals surface area contributed by atoms with E-state index < -0.39 is 5.60 Å². The van der Waals surface area contributed by atoms with Crippen molar-refractivity contribution in [1.29, 1.82) is 0 Å². The summed E-state index contributed by atoms with van der Waals surface area (Å²) in [7, 11) is 0. The Kier molecular flexibility index (Phi) is 4.92. The number of likely N-dealkylation sites (tertiary alicyclic amines) is 1. The van der Waals surface area contributed by atoms with Crippen molar-refractivity contribution >= 4 is 5.97 Å². The molecule has 168 valence electrons. The first-order valence-corrected chi connectivity index (χ1v) is 12.5. The Hall–Kier alpha value is -2.17. The highest BCUT2D eigenvalue weighted by Gasteiger charge is 2.63. The van der Waals surface area contributed by atoms with Gasteiger partial charge in [-0.1, -0.05) is 43.5 Å². The SMILES string of the molecule is O=C(Oc1ccc2c(c1)[C@@]13CCCC[C@@]1(O)C(C2)N(CC1CCC1)CC3)c1ccccc1.